The van der Waals surface area contributed by atoms with Gasteiger partial charge in [-0.25, -0.2) is 9.97 Å². The lowest BCUT2D eigenvalue weighted by atomic mass is 9.99. The lowest BCUT2D eigenvalue weighted by Gasteiger charge is -2.23. The molecule has 6 heteroatoms. The molecule has 2 aromatic rings. The Balaban J connectivity index is 1.97. The monoisotopic (exact) mass is 308 g/mol. The first-order valence-electron chi connectivity index (χ1n) is 7.52. The van der Waals surface area contributed by atoms with Crippen molar-refractivity contribution in [3.63, 3.8) is 0 Å². The number of halogens is 1. The lowest BCUT2D eigenvalue weighted by Crippen LogP contribution is -2.30. The third-order valence-electron chi connectivity index (χ3n) is 3.98. The molecule has 0 amide bonds. The molecule has 5 nitrogen and oxygen atoms in total. The van der Waals surface area contributed by atoms with Gasteiger partial charge in [0, 0.05) is 32.7 Å². The molecule has 1 N–H and O–H groups in total. The zero-order chi connectivity index (χ0) is 14.7. The molecular formula is C15H21ClN4O. The lowest BCUT2D eigenvalue weighted by molar-refractivity contribution is 0.190. The molecule has 0 radical (unpaired) electrons. The quantitative estimate of drug-likeness (QED) is 0.681. The van der Waals surface area contributed by atoms with E-state index in [4.69, 9.17) is 21.3 Å². The molecule has 1 fully saturated rings. The summed E-state index contributed by atoms with van der Waals surface area (Å²) >= 11 is 6.06. The molecule has 114 valence electrons. The van der Waals surface area contributed by atoms with Gasteiger partial charge in [0.2, 0.25) is 0 Å². The van der Waals surface area contributed by atoms with Crippen LogP contribution in [0.25, 0.3) is 11.2 Å². The van der Waals surface area contributed by atoms with E-state index in [1.807, 2.05) is 6.07 Å². The van der Waals surface area contributed by atoms with Gasteiger partial charge in [-0.1, -0.05) is 11.6 Å². The smallest absolute Gasteiger partial charge is 0.161 e. The van der Waals surface area contributed by atoms with Crippen LogP contribution < -0.4 is 5.32 Å². The highest BCUT2D eigenvalue weighted by Gasteiger charge is 2.22. The summed E-state index contributed by atoms with van der Waals surface area (Å²) in [6, 6.07) is 3.76. The molecule has 21 heavy (non-hydrogen) atoms. The van der Waals surface area contributed by atoms with E-state index in [2.05, 4.69) is 14.9 Å². The molecule has 1 saturated heterocycles. The van der Waals surface area contributed by atoms with E-state index in [0.29, 0.717) is 11.1 Å². The Labute approximate surface area is 129 Å². The van der Waals surface area contributed by atoms with Gasteiger partial charge < -0.3 is 14.6 Å². The van der Waals surface area contributed by atoms with E-state index >= 15 is 0 Å². The minimum Gasteiger partial charge on any atom is -0.385 e. The molecule has 0 aromatic carbocycles. The van der Waals surface area contributed by atoms with Crippen LogP contribution in [0.4, 0.5) is 0 Å². The summed E-state index contributed by atoms with van der Waals surface area (Å²) in [5.41, 5.74) is 1.82. The van der Waals surface area contributed by atoms with Crippen LogP contribution >= 0.6 is 11.6 Å². The molecular weight excluding hydrogens is 288 g/mol. The van der Waals surface area contributed by atoms with Crippen LogP contribution in [0, 0.1) is 0 Å². The van der Waals surface area contributed by atoms with E-state index in [1.54, 1.807) is 13.2 Å². The van der Waals surface area contributed by atoms with Crippen molar-refractivity contribution in [2.24, 2.45) is 0 Å². The fourth-order valence-electron chi connectivity index (χ4n) is 2.97. The van der Waals surface area contributed by atoms with Gasteiger partial charge in [-0.15, -0.1) is 0 Å². The van der Waals surface area contributed by atoms with Crippen LogP contribution in [0.2, 0.25) is 5.15 Å². The first-order valence-corrected chi connectivity index (χ1v) is 7.89. The number of aryl methyl sites for hydroxylation is 1. The van der Waals surface area contributed by atoms with E-state index in [0.717, 1.165) is 49.7 Å². The minimum atomic E-state index is 0.453. The van der Waals surface area contributed by atoms with Gasteiger partial charge in [0.25, 0.3) is 0 Å². The predicted octanol–water partition coefficient (Wildman–Crippen LogP) is 2.59. The summed E-state index contributed by atoms with van der Waals surface area (Å²) < 4.78 is 7.39. The number of nitrogens with one attached hydrogen (secondary N) is 1. The van der Waals surface area contributed by atoms with Crippen molar-refractivity contribution in [2.45, 2.75) is 31.7 Å². The van der Waals surface area contributed by atoms with Crippen molar-refractivity contribution in [3.05, 3.63) is 23.1 Å². The van der Waals surface area contributed by atoms with Gasteiger partial charge in [-0.2, -0.15) is 0 Å². The van der Waals surface area contributed by atoms with Gasteiger partial charge in [0.1, 0.15) is 16.5 Å². The van der Waals surface area contributed by atoms with Crippen LogP contribution in [-0.2, 0) is 11.3 Å². The molecule has 1 atom stereocenters. The molecule has 1 unspecified atom stereocenters. The normalized spacial score (nSPS) is 19.2. The SMILES string of the molecule is COCCCn1c(C2CCCNC2)nc2ccc(Cl)nc21. The highest BCUT2D eigenvalue weighted by Crippen LogP contribution is 2.27. The number of pyridine rings is 1. The van der Waals surface area contributed by atoms with Crippen LogP contribution in [0.5, 0.6) is 0 Å². The highest BCUT2D eigenvalue weighted by atomic mass is 35.5. The molecule has 3 rings (SSSR count). The number of methoxy groups -OCH3 is 1. The average molecular weight is 309 g/mol. The summed E-state index contributed by atoms with van der Waals surface area (Å²) in [5.74, 6) is 1.58. The van der Waals surface area contributed by atoms with Gasteiger partial charge in [0.15, 0.2) is 5.65 Å². The zero-order valence-corrected chi connectivity index (χ0v) is 13.1. The Morgan fingerprint density at radius 1 is 1.43 bits per heavy atom. The number of ether oxygens (including phenoxy) is 1. The number of piperidine rings is 1. The number of imidazole rings is 1. The van der Waals surface area contributed by atoms with Crippen molar-refractivity contribution in [3.8, 4) is 0 Å². The maximum atomic E-state index is 6.06. The highest BCUT2D eigenvalue weighted by molar-refractivity contribution is 6.29. The first kappa shape index (κ1) is 14.8. The Kier molecular flexibility index (Phi) is 4.73. The number of rotatable bonds is 5. The summed E-state index contributed by atoms with van der Waals surface area (Å²) in [5, 5.41) is 3.98. The largest absolute Gasteiger partial charge is 0.385 e. The summed E-state index contributed by atoms with van der Waals surface area (Å²) in [6.07, 6.45) is 3.32. The third-order valence-corrected chi connectivity index (χ3v) is 4.19. The average Bonchev–Trinajstić information content (AvgIpc) is 2.87. The number of hydrogen-bond acceptors (Lipinski definition) is 4. The second-order valence-corrected chi connectivity index (χ2v) is 5.88. The first-order chi connectivity index (χ1) is 10.3. The van der Waals surface area contributed by atoms with Crippen molar-refractivity contribution in [2.75, 3.05) is 26.8 Å². The topological polar surface area (TPSA) is 52.0 Å². The molecule has 0 bridgehead atoms. The van der Waals surface area contributed by atoms with Crippen LogP contribution in [0.1, 0.15) is 31.0 Å². The molecule has 0 saturated carbocycles. The molecule has 0 spiro atoms. The van der Waals surface area contributed by atoms with E-state index in [-0.39, 0.29) is 0 Å². The zero-order valence-electron chi connectivity index (χ0n) is 12.3. The van der Waals surface area contributed by atoms with Crippen molar-refractivity contribution in [1.82, 2.24) is 19.9 Å². The molecule has 1 aliphatic rings. The number of aromatic nitrogens is 3. The van der Waals surface area contributed by atoms with Gasteiger partial charge >= 0.3 is 0 Å². The third kappa shape index (κ3) is 3.20. The molecule has 0 aliphatic carbocycles. The number of fused-ring (bicyclic) bond motifs is 1. The van der Waals surface area contributed by atoms with Crippen LogP contribution in [-0.4, -0.2) is 41.3 Å². The maximum absolute atomic E-state index is 6.06. The van der Waals surface area contributed by atoms with Crippen LogP contribution in [0.15, 0.2) is 12.1 Å². The number of nitrogens with zero attached hydrogens (tertiary/aromatic N) is 3. The predicted molar refractivity (Wildman–Crippen MR) is 83.9 cm³/mol. The standard InChI is InChI=1S/C15H21ClN4O/c1-21-9-3-8-20-14(11-4-2-7-17-10-11)18-12-5-6-13(16)19-15(12)20/h5-6,11,17H,2-4,7-10H2,1H3. The summed E-state index contributed by atoms with van der Waals surface area (Å²) in [7, 11) is 1.73. The van der Waals surface area contributed by atoms with Gasteiger partial charge in [-0.3, -0.25) is 0 Å². The number of hydrogen-bond donors (Lipinski definition) is 1. The van der Waals surface area contributed by atoms with E-state index < -0.39 is 0 Å². The van der Waals surface area contributed by atoms with E-state index in [1.165, 1.54) is 12.8 Å². The molecule has 3 heterocycles. The molecule has 1 aliphatic heterocycles. The Morgan fingerprint density at radius 2 is 2.33 bits per heavy atom. The summed E-state index contributed by atoms with van der Waals surface area (Å²) in [6.45, 7) is 3.69. The second-order valence-electron chi connectivity index (χ2n) is 5.49. The van der Waals surface area contributed by atoms with E-state index in [9.17, 15) is 0 Å². The molecule has 2 aromatic heterocycles. The fourth-order valence-corrected chi connectivity index (χ4v) is 3.11. The van der Waals surface area contributed by atoms with Gasteiger partial charge in [0.05, 0.1) is 0 Å². The van der Waals surface area contributed by atoms with Gasteiger partial charge in [-0.05, 0) is 37.9 Å². The van der Waals surface area contributed by atoms with Crippen LogP contribution in [0.3, 0.4) is 0 Å². The van der Waals surface area contributed by atoms with Crippen molar-refractivity contribution < 1.29 is 4.74 Å². The Morgan fingerprint density at radius 3 is 3.10 bits per heavy atom. The summed E-state index contributed by atoms with van der Waals surface area (Å²) in [4.78, 5) is 9.29. The second kappa shape index (κ2) is 6.73. The Bertz CT molecular complexity index is 607. The maximum Gasteiger partial charge on any atom is 0.161 e. The van der Waals surface area contributed by atoms with Crippen molar-refractivity contribution >= 4 is 22.8 Å². The Hall–Kier alpha value is -1.17. The fraction of sp³-hybridized carbons (Fsp3) is 0.600. The van der Waals surface area contributed by atoms with Crippen molar-refractivity contribution in [1.29, 1.82) is 0 Å². The minimum absolute atomic E-state index is 0.453.